The number of rotatable bonds is 3. The third-order valence-corrected chi connectivity index (χ3v) is 3.86. The molecule has 7 heteroatoms. The highest BCUT2D eigenvalue weighted by molar-refractivity contribution is 6.42. The molecule has 1 amide bonds. The van der Waals surface area contributed by atoms with E-state index in [4.69, 9.17) is 40.1 Å². The molecule has 2 aromatic rings. The van der Waals surface area contributed by atoms with Gasteiger partial charge in [-0.1, -0.05) is 34.8 Å². The Kier molecular flexibility index (Phi) is 5.51. The van der Waals surface area contributed by atoms with Crippen LogP contribution in [-0.4, -0.2) is 11.0 Å². The number of carbonyl (C=O) groups is 1. The van der Waals surface area contributed by atoms with Crippen LogP contribution < -0.4 is 5.32 Å². The largest absolute Gasteiger partial charge is 0.506 e. The first-order chi connectivity index (χ1) is 10.9. The second-order valence-electron chi connectivity index (χ2n) is 4.43. The molecule has 0 heterocycles. The van der Waals surface area contributed by atoms with E-state index in [0.29, 0.717) is 15.7 Å². The van der Waals surface area contributed by atoms with E-state index in [1.165, 1.54) is 18.2 Å². The Morgan fingerprint density at radius 1 is 1.04 bits per heavy atom. The number of hydrogen-bond acceptors (Lipinski definition) is 3. The highest BCUT2D eigenvalue weighted by atomic mass is 35.5. The van der Waals surface area contributed by atoms with E-state index in [1.54, 1.807) is 30.3 Å². The molecule has 2 N–H and O–H groups in total. The number of benzene rings is 2. The minimum Gasteiger partial charge on any atom is -0.506 e. The van der Waals surface area contributed by atoms with Crippen molar-refractivity contribution >= 4 is 52.2 Å². The van der Waals surface area contributed by atoms with Gasteiger partial charge < -0.3 is 10.4 Å². The van der Waals surface area contributed by atoms with E-state index in [1.807, 2.05) is 0 Å². The highest BCUT2D eigenvalue weighted by Crippen LogP contribution is 2.26. The van der Waals surface area contributed by atoms with Gasteiger partial charge in [0.15, 0.2) is 5.57 Å². The molecule has 23 heavy (non-hydrogen) atoms. The Hall–Kier alpha value is -2.19. The lowest BCUT2D eigenvalue weighted by molar-refractivity contribution is -0.112. The van der Waals surface area contributed by atoms with Gasteiger partial charge in [-0.25, -0.2) is 0 Å². The van der Waals surface area contributed by atoms with Crippen LogP contribution >= 0.6 is 34.8 Å². The monoisotopic (exact) mass is 366 g/mol. The summed E-state index contributed by atoms with van der Waals surface area (Å²) in [6, 6.07) is 12.3. The van der Waals surface area contributed by atoms with E-state index in [2.05, 4.69) is 5.32 Å². The van der Waals surface area contributed by atoms with Crippen LogP contribution in [0.4, 0.5) is 5.69 Å². The zero-order valence-corrected chi connectivity index (χ0v) is 13.7. The van der Waals surface area contributed by atoms with Gasteiger partial charge in [0.2, 0.25) is 0 Å². The van der Waals surface area contributed by atoms with E-state index in [0.717, 1.165) is 0 Å². The number of aliphatic hydroxyl groups excluding tert-OH is 1. The molecule has 116 valence electrons. The van der Waals surface area contributed by atoms with Gasteiger partial charge in [-0.2, -0.15) is 5.26 Å². The summed E-state index contributed by atoms with van der Waals surface area (Å²) < 4.78 is 0. The van der Waals surface area contributed by atoms with Crippen molar-refractivity contribution in [2.24, 2.45) is 0 Å². The van der Waals surface area contributed by atoms with E-state index in [9.17, 15) is 9.90 Å². The molecule has 0 saturated carbocycles. The van der Waals surface area contributed by atoms with E-state index >= 15 is 0 Å². The Morgan fingerprint density at radius 2 is 1.70 bits per heavy atom. The summed E-state index contributed by atoms with van der Waals surface area (Å²) in [7, 11) is 0. The molecule has 0 radical (unpaired) electrons. The fourth-order valence-corrected chi connectivity index (χ4v) is 2.15. The molecule has 0 aliphatic carbocycles. The Morgan fingerprint density at radius 3 is 2.26 bits per heavy atom. The fourth-order valence-electron chi connectivity index (χ4n) is 1.73. The summed E-state index contributed by atoms with van der Waals surface area (Å²) in [6.45, 7) is 0. The zero-order chi connectivity index (χ0) is 17.0. The molecule has 0 bridgehead atoms. The predicted octanol–water partition coefficient (Wildman–Crippen LogP) is 5.08. The van der Waals surface area contributed by atoms with Crippen LogP contribution in [0.15, 0.2) is 48.0 Å². The first-order valence-corrected chi connectivity index (χ1v) is 7.41. The average Bonchev–Trinajstić information content (AvgIpc) is 2.53. The molecule has 0 aromatic heterocycles. The van der Waals surface area contributed by atoms with Crippen molar-refractivity contribution in [1.29, 1.82) is 5.26 Å². The van der Waals surface area contributed by atoms with Crippen LogP contribution in [-0.2, 0) is 4.79 Å². The topological polar surface area (TPSA) is 73.1 Å². The van der Waals surface area contributed by atoms with Crippen molar-refractivity contribution < 1.29 is 9.90 Å². The Balaban J connectivity index is 2.32. The summed E-state index contributed by atoms with van der Waals surface area (Å²) in [4.78, 5) is 12.2. The predicted molar refractivity (Wildman–Crippen MR) is 91.7 cm³/mol. The van der Waals surface area contributed by atoms with Gasteiger partial charge in [-0.05, 0) is 42.5 Å². The standard InChI is InChI=1S/C16H9Cl3N2O2/c17-10-2-4-11(5-3-10)21-16(23)12(8-20)15(22)9-1-6-13(18)14(19)7-9/h1-7,22H,(H,21,23)/b15-12-. The summed E-state index contributed by atoms with van der Waals surface area (Å²) in [6.07, 6.45) is 0. The van der Waals surface area contributed by atoms with Gasteiger partial charge in [0.25, 0.3) is 5.91 Å². The maximum absolute atomic E-state index is 12.2. The third kappa shape index (κ3) is 4.17. The zero-order valence-electron chi connectivity index (χ0n) is 11.5. The van der Waals surface area contributed by atoms with Gasteiger partial charge >= 0.3 is 0 Å². The number of aliphatic hydroxyl groups is 1. The van der Waals surface area contributed by atoms with Gasteiger partial charge in [0.05, 0.1) is 10.0 Å². The maximum Gasteiger partial charge on any atom is 0.270 e. The number of carbonyl (C=O) groups excluding carboxylic acids is 1. The lowest BCUT2D eigenvalue weighted by Gasteiger charge is -2.07. The number of nitrogens with one attached hydrogen (secondary N) is 1. The second-order valence-corrected chi connectivity index (χ2v) is 5.68. The summed E-state index contributed by atoms with van der Waals surface area (Å²) in [5.74, 6) is -1.24. The Bertz CT molecular complexity index is 824. The van der Waals surface area contributed by atoms with Crippen LogP contribution in [0.25, 0.3) is 5.76 Å². The van der Waals surface area contributed by atoms with Crippen molar-refractivity contribution in [2.45, 2.75) is 0 Å². The first kappa shape index (κ1) is 17.2. The lowest BCUT2D eigenvalue weighted by atomic mass is 10.1. The number of anilines is 1. The van der Waals surface area contributed by atoms with E-state index < -0.39 is 17.2 Å². The second kappa shape index (κ2) is 7.38. The average molecular weight is 368 g/mol. The summed E-state index contributed by atoms with van der Waals surface area (Å²) in [5.41, 5.74) is 0.203. The van der Waals surface area contributed by atoms with Crippen LogP contribution in [0.5, 0.6) is 0 Å². The van der Waals surface area contributed by atoms with Crippen molar-refractivity contribution in [3.05, 3.63) is 68.7 Å². The van der Waals surface area contributed by atoms with Crippen molar-refractivity contribution in [2.75, 3.05) is 5.32 Å². The van der Waals surface area contributed by atoms with Crippen molar-refractivity contribution in [3.63, 3.8) is 0 Å². The van der Waals surface area contributed by atoms with Crippen molar-refractivity contribution in [1.82, 2.24) is 0 Å². The molecular weight excluding hydrogens is 359 g/mol. The lowest BCUT2D eigenvalue weighted by Crippen LogP contribution is -2.15. The van der Waals surface area contributed by atoms with E-state index in [-0.39, 0.29) is 10.6 Å². The number of amides is 1. The van der Waals surface area contributed by atoms with Crippen molar-refractivity contribution in [3.8, 4) is 6.07 Å². The number of nitriles is 1. The molecule has 0 aliphatic heterocycles. The Labute approximate surface area is 147 Å². The maximum atomic E-state index is 12.2. The molecule has 0 aliphatic rings. The smallest absolute Gasteiger partial charge is 0.270 e. The molecule has 0 fully saturated rings. The van der Waals surface area contributed by atoms with Gasteiger partial charge in [-0.15, -0.1) is 0 Å². The molecule has 2 rings (SSSR count). The number of halogens is 3. The van der Waals surface area contributed by atoms with Crippen LogP contribution in [0.2, 0.25) is 15.1 Å². The SMILES string of the molecule is N#C/C(C(=O)Nc1ccc(Cl)cc1)=C(/O)c1ccc(Cl)c(Cl)c1. The number of hydrogen-bond donors (Lipinski definition) is 2. The summed E-state index contributed by atoms with van der Waals surface area (Å²) >= 11 is 17.4. The summed E-state index contributed by atoms with van der Waals surface area (Å²) in [5, 5.41) is 22.8. The molecule has 4 nitrogen and oxygen atoms in total. The van der Waals surface area contributed by atoms with Gasteiger partial charge in [-0.3, -0.25) is 4.79 Å². The van der Waals surface area contributed by atoms with Crippen LogP contribution in [0, 0.1) is 11.3 Å². The quantitative estimate of drug-likeness (QED) is 0.451. The normalized spacial score (nSPS) is 11.4. The molecule has 0 spiro atoms. The first-order valence-electron chi connectivity index (χ1n) is 6.28. The molecule has 0 saturated heterocycles. The van der Waals surface area contributed by atoms with Crippen LogP contribution in [0.3, 0.4) is 0 Å². The molecule has 0 unspecified atom stereocenters. The molecular formula is C16H9Cl3N2O2. The molecule has 0 atom stereocenters. The highest BCUT2D eigenvalue weighted by Gasteiger charge is 2.17. The fraction of sp³-hybridized carbons (Fsp3) is 0. The third-order valence-electron chi connectivity index (χ3n) is 2.87. The minimum absolute atomic E-state index is 0.200. The minimum atomic E-state index is -0.751. The van der Waals surface area contributed by atoms with Gasteiger partial charge in [0, 0.05) is 16.3 Å². The van der Waals surface area contributed by atoms with Crippen LogP contribution in [0.1, 0.15) is 5.56 Å². The molecule has 2 aromatic carbocycles. The number of nitrogens with zero attached hydrogens (tertiary/aromatic N) is 1. The van der Waals surface area contributed by atoms with Gasteiger partial charge in [0.1, 0.15) is 11.8 Å².